The van der Waals surface area contributed by atoms with Crippen LogP contribution in [0.15, 0.2) is 77.7 Å². The zero-order valence-corrected chi connectivity index (χ0v) is 22.8. The van der Waals surface area contributed by atoms with Crippen LogP contribution in [0.4, 0.5) is 8.78 Å². The number of nitrogens with one attached hydrogen (secondary N) is 1. The SMILES string of the molecule is CC.Fc1ccc(CN(Cc2ccc(F)cc2)Sc2ccc(CNCCCN3CCOCC3)cc2)cc1. The molecule has 1 saturated heterocycles. The predicted octanol–water partition coefficient (Wildman–Crippen LogP) is 6.51. The van der Waals surface area contributed by atoms with Gasteiger partial charge in [-0.25, -0.2) is 13.1 Å². The lowest BCUT2D eigenvalue weighted by atomic mass is 10.2. The molecule has 0 aliphatic carbocycles. The van der Waals surface area contributed by atoms with Crippen molar-refractivity contribution < 1.29 is 13.5 Å². The summed E-state index contributed by atoms with van der Waals surface area (Å²) in [5.41, 5.74) is 3.31. The van der Waals surface area contributed by atoms with E-state index < -0.39 is 0 Å². The molecule has 3 aromatic rings. The highest BCUT2D eigenvalue weighted by molar-refractivity contribution is 7.97. The van der Waals surface area contributed by atoms with Crippen molar-refractivity contribution >= 4 is 11.9 Å². The van der Waals surface area contributed by atoms with Gasteiger partial charge >= 0.3 is 0 Å². The van der Waals surface area contributed by atoms with Crippen LogP contribution in [0, 0.1) is 11.6 Å². The molecule has 0 spiro atoms. The molecule has 1 fully saturated rings. The Morgan fingerprint density at radius 2 is 1.30 bits per heavy atom. The number of halogens is 2. The van der Waals surface area contributed by atoms with Gasteiger partial charge in [-0.1, -0.05) is 50.2 Å². The Labute approximate surface area is 225 Å². The van der Waals surface area contributed by atoms with E-state index in [1.54, 1.807) is 36.2 Å². The molecule has 4 rings (SSSR count). The Bertz CT molecular complexity index is 963. The lowest BCUT2D eigenvalue weighted by Crippen LogP contribution is -2.37. The highest BCUT2D eigenvalue weighted by Gasteiger charge is 2.11. The smallest absolute Gasteiger partial charge is 0.123 e. The van der Waals surface area contributed by atoms with Crippen LogP contribution in [0.5, 0.6) is 0 Å². The van der Waals surface area contributed by atoms with Crippen molar-refractivity contribution in [1.82, 2.24) is 14.5 Å². The minimum absolute atomic E-state index is 0.239. The Balaban J connectivity index is 0.00000186. The summed E-state index contributed by atoms with van der Waals surface area (Å²) in [4.78, 5) is 3.59. The molecule has 0 amide bonds. The van der Waals surface area contributed by atoms with Gasteiger partial charge in [0.05, 0.1) is 13.2 Å². The van der Waals surface area contributed by atoms with Crippen molar-refractivity contribution in [2.24, 2.45) is 0 Å². The third-order valence-corrected chi connectivity index (χ3v) is 6.96. The first-order chi connectivity index (χ1) is 18.1. The van der Waals surface area contributed by atoms with Crippen molar-refractivity contribution in [3.63, 3.8) is 0 Å². The van der Waals surface area contributed by atoms with Gasteiger partial charge in [0.1, 0.15) is 11.6 Å². The molecule has 0 atom stereocenters. The fourth-order valence-electron chi connectivity index (χ4n) is 4.01. The molecule has 0 radical (unpaired) electrons. The summed E-state index contributed by atoms with van der Waals surface area (Å²) < 4.78 is 34.3. The Morgan fingerprint density at radius 3 is 1.84 bits per heavy atom. The van der Waals surface area contributed by atoms with Crippen molar-refractivity contribution in [3.05, 3.63) is 101 Å². The summed E-state index contributed by atoms with van der Waals surface area (Å²) in [6.45, 7) is 12.0. The molecule has 4 nitrogen and oxygen atoms in total. The lowest BCUT2D eigenvalue weighted by molar-refractivity contribution is 0.0374. The molecular weight excluding hydrogens is 488 g/mol. The van der Waals surface area contributed by atoms with Crippen molar-refractivity contribution in [3.8, 4) is 0 Å². The maximum absolute atomic E-state index is 13.3. The minimum Gasteiger partial charge on any atom is -0.379 e. The van der Waals surface area contributed by atoms with Crippen LogP contribution >= 0.6 is 11.9 Å². The third-order valence-electron chi connectivity index (χ3n) is 5.96. The topological polar surface area (TPSA) is 27.7 Å². The van der Waals surface area contributed by atoms with E-state index in [1.807, 2.05) is 13.8 Å². The first-order valence-corrected chi connectivity index (χ1v) is 13.9. The average Bonchev–Trinajstić information content (AvgIpc) is 2.94. The van der Waals surface area contributed by atoms with Gasteiger partial charge < -0.3 is 10.1 Å². The highest BCUT2D eigenvalue weighted by atomic mass is 32.2. The second kappa shape index (κ2) is 16.5. The first kappa shape index (κ1) is 29.3. The third kappa shape index (κ3) is 10.9. The maximum atomic E-state index is 13.3. The highest BCUT2D eigenvalue weighted by Crippen LogP contribution is 2.27. The van der Waals surface area contributed by atoms with Gasteiger partial charge in [0, 0.05) is 37.6 Å². The minimum atomic E-state index is -0.239. The second-order valence-electron chi connectivity index (χ2n) is 8.77. The van der Waals surface area contributed by atoms with Gasteiger partial charge in [-0.15, -0.1) is 0 Å². The Hall–Kier alpha value is -2.29. The van der Waals surface area contributed by atoms with Crippen LogP contribution in [0.25, 0.3) is 0 Å². The summed E-state index contributed by atoms with van der Waals surface area (Å²) in [5, 5.41) is 3.54. The fraction of sp³-hybridized carbons (Fsp3) is 0.400. The summed E-state index contributed by atoms with van der Waals surface area (Å²) in [6, 6.07) is 21.8. The van der Waals surface area contributed by atoms with E-state index in [4.69, 9.17) is 4.74 Å². The van der Waals surface area contributed by atoms with Crippen molar-refractivity contribution in [2.75, 3.05) is 39.4 Å². The number of rotatable bonds is 12. The summed E-state index contributed by atoms with van der Waals surface area (Å²) in [6.07, 6.45) is 1.13. The van der Waals surface area contributed by atoms with E-state index in [0.717, 1.165) is 68.4 Å². The first-order valence-electron chi connectivity index (χ1n) is 13.2. The number of ether oxygens (including phenoxy) is 1. The van der Waals surface area contributed by atoms with Crippen LogP contribution in [0.1, 0.15) is 37.0 Å². The molecule has 200 valence electrons. The predicted molar refractivity (Wildman–Crippen MR) is 149 cm³/mol. The van der Waals surface area contributed by atoms with E-state index in [1.165, 1.54) is 29.8 Å². The van der Waals surface area contributed by atoms with Gasteiger partial charge in [0.2, 0.25) is 0 Å². The van der Waals surface area contributed by atoms with Gasteiger partial charge in [-0.2, -0.15) is 0 Å². The molecule has 0 aromatic heterocycles. The van der Waals surface area contributed by atoms with E-state index in [9.17, 15) is 8.78 Å². The molecule has 1 aliphatic heterocycles. The average molecular weight is 528 g/mol. The normalized spacial score (nSPS) is 13.9. The monoisotopic (exact) mass is 527 g/mol. The lowest BCUT2D eigenvalue weighted by Gasteiger charge is -2.26. The van der Waals surface area contributed by atoms with Crippen LogP contribution < -0.4 is 5.32 Å². The van der Waals surface area contributed by atoms with Crippen molar-refractivity contribution in [2.45, 2.75) is 44.8 Å². The summed E-state index contributed by atoms with van der Waals surface area (Å²) >= 11 is 1.65. The molecule has 0 saturated carbocycles. The van der Waals surface area contributed by atoms with Crippen LogP contribution in [-0.4, -0.2) is 48.6 Å². The summed E-state index contributed by atoms with van der Waals surface area (Å²) in [5.74, 6) is -0.478. The van der Waals surface area contributed by atoms with Gasteiger partial charge in [-0.3, -0.25) is 4.90 Å². The second-order valence-corrected chi connectivity index (χ2v) is 9.94. The maximum Gasteiger partial charge on any atom is 0.123 e. The van der Waals surface area contributed by atoms with Crippen LogP contribution in [0.3, 0.4) is 0 Å². The molecule has 1 N–H and O–H groups in total. The van der Waals surface area contributed by atoms with E-state index in [2.05, 4.69) is 38.8 Å². The molecule has 0 unspecified atom stereocenters. The molecule has 37 heavy (non-hydrogen) atoms. The standard InChI is InChI=1S/C28H33F2N3OS.C2H6/c29-26-8-2-24(3-9-26)21-33(22-25-4-10-27(30)11-5-25)35-28-12-6-23(7-13-28)20-31-14-1-15-32-16-18-34-19-17-32;1-2/h2-13,31H,1,14-22H2;1-2H3. The zero-order chi connectivity index (χ0) is 26.3. The molecule has 1 heterocycles. The number of hydrogen-bond donors (Lipinski definition) is 1. The Morgan fingerprint density at radius 1 is 0.784 bits per heavy atom. The number of nitrogens with zero attached hydrogens (tertiary/aromatic N) is 2. The van der Waals surface area contributed by atoms with Gasteiger partial charge in [0.25, 0.3) is 0 Å². The van der Waals surface area contributed by atoms with E-state index >= 15 is 0 Å². The van der Waals surface area contributed by atoms with E-state index in [-0.39, 0.29) is 11.6 Å². The largest absolute Gasteiger partial charge is 0.379 e. The van der Waals surface area contributed by atoms with Gasteiger partial charge in [-0.05, 0) is 84.5 Å². The molecule has 3 aromatic carbocycles. The number of benzene rings is 3. The Kier molecular flexibility index (Phi) is 13.1. The number of morpholine rings is 1. The molecular formula is C30H39F2N3OS. The van der Waals surface area contributed by atoms with E-state index in [0.29, 0.717) is 13.1 Å². The van der Waals surface area contributed by atoms with Crippen molar-refractivity contribution in [1.29, 1.82) is 0 Å². The molecule has 0 bridgehead atoms. The zero-order valence-electron chi connectivity index (χ0n) is 22.0. The quantitative estimate of drug-likeness (QED) is 0.214. The van der Waals surface area contributed by atoms with Gasteiger partial charge in [0.15, 0.2) is 0 Å². The molecule has 7 heteroatoms. The van der Waals surface area contributed by atoms with Crippen LogP contribution in [0.2, 0.25) is 0 Å². The van der Waals surface area contributed by atoms with Crippen LogP contribution in [-0.2, 0) is 24.4 Å². The fourth-order valence-corrected chi connectivity index (χ4v) is 4.99. The summed E-state index contributed by atoms with van der Waals surface area (Å²) in [7, 11) is 0. The number of hydrogen-bond acceptors (Lipinski definition) is 5. The molecule has 1 aliphatic rings.